The van der Waals surface area contributed by atoms with Gasteiger partial charge < -0.3 is 4.42 Å². The Balaban J connectivity index is 1.13. The number of para-hydroxylation sites is 1. The number of rotatable bonds is 4. The molecule has 10 rings (SSSR count). The number of fused-ring (bicyclic) bond motifs is 7. The van der Waals surface area contributed by atoms with Gasteiger partial charge in [-0.1, -0.05) is 103 Å². The minimum Gasteiger partial charge on any atom is -0.456 e. The van der Waals surface area contributed by atoms with E-state index in [4.69, 9.17) is 14.4 Å². The summed E-state index contributed by atoms with van der Waals surface area (Å²) in [7, 11) is 0. The van der Waals surface area contributed by atoms with Gasteiger partial charge in [-0.2, -0.15) is 0 Å². The van der Waals surface area contributed by atoms with Gasteiger partial charge in [0, 0.05) is 45.6 Å². The molecule has 0 N–H and O–H groups in total. The molecule has 0 aliphatic rings. The van der Waals surface area contributed by atoms with Crippen LogP contribution in [0.2, 0.25) is 0 Å². The number of nitrogens with zero attached hydrogens (tertiary/aromatic N) is 3. The van der Waals surface area contributed by atoms with E-state index in [0.717, 1.165) is 66.0 Å². The second kappa shape index (κ2) is 10.5. The molecule has 0 aliphatic carbocycles. The first-order valence-electron chi connectivity index (χ1n) is 16.1. The molecule has 0 unspecified atom stereocenters. The summed E-state index contributed by atoms with van der Waals surface area (Å²) in [6.07, 6.45) is 3.88. The first-order valence-corrected chi connectivity index (χ1v) is 16.1. The normalized spacial score (nSPS) is 11.8. The molecule has 0 saturated carbocycles. The molecule has 0 amide bonds. The van der Waals surface area contributed by atoms with Crippen molar-refractivity contribution in [2.75, 3.05) is 0 Å². The Bertz CT molecular complexity index is 2760. The van der Waals surface area contributed by atoms with Gasteiger partial charge in [0.25, 0.3) is 0 Å². The minimum atomic E-state index is 0.619. The van der Waals surface area contributed by atoms with E-state index in [0.29, 0.717) is 5.95 Å². The summed E-state index contributed by atoms with van der Waals surface area (Å²) in [5.41, 5.74) is 10.5. The standard InChI is InChI=1S/C44H27N3O/c1-3-11-28(12-4-1)32-19-33(29-13-5-2-6-14-29)21-34(20-32)35-26-45-44(46-27-35)47-40-18-10-9-17-36(40)37-24-39-38-22-30-15-7-8-16-31(30)23-42(38)48-43(39)25-41(37)47/h1-27H. The van der Waals surface area contributed by atoms with Crippen molar-refractivity contribution in [2.24, 2.45) is 0 Å². The van der Waals surface area contributed by atoms with E-state index in [9.17, 15) is 0 Å². The van der Waals surface area contributed by atoms with Crippen LogP contribution in [0.15, 0.2) is 168 Å². The molecule has 0 bridgehead atoms. The van der Waals surface area contributed by atoms with Crippen molar-refractivity contribution in [1.82, 2.24) is 14.5 Å². The number of hydrogen-bond acceptors (Lipinski definition) is 3. The fourth-order valence-electron chi connectivity index (χ4n) is 7.11. The van der Waals surface area contributed by atoms with Crippen LogP contribution < -0.4 is 0 Å². The lowest BCUT2D eigenvalue weighted by Crippen LogP contribution is -2.00. The molecular formula is C44H27N3O. The second-order valence-corrected chi connectivity index (χ2v) is 12.3. The fraction of sp³-hybridized carbons (Fsp3) is 0. The lowest BCUT2D eigenvalue weighted by atomic mass is 9.94. The lowest BCUT2D eigenvalue weighted by molar-refractivity contribution is 0.670. The zero-order chi connectivity index (χ0) is 31.6. The summed E-state index contributed by atoms with van der Waals surface area (Å²) in [4.78, 5) is 9.97. The van der Waals surface area contributed by atoms with Crippen LogP contribution in [0.1, 0.15) is 0 Å². The van der Waals surface area contributed by atoms with Crippen LogP contribution in [0.4, 0.5) is 0 Å². The lowest BCUT2D eigenvalue weighted by Gasteiger charge is -2.12. The van der Waals surface area contributed by atoms with Crippen LogP contribution in [-0.2, 0) is 0 Å². The molecule has 48 heavy (non-hydrogen) atoms. The Kier molecular flexibility index (Phi) is 5.84. The topological polar surface area (TPSA) is 43.9 Å². The zero-order valence-corrected chi connectivity index (χ0v) is 25.8. The van der Waals surface area contributed by atoms with Gasteiger partial charge in [-0.05, 0) is 81.1 Å². The Morgan fingerprint density at radius 2 is 0.917 bits per heavy atom. The smallest absolute Gasteiger partial charge is 0.234 e. The van der Waals surface area contributed by atoms with Crippen LogP contribution >= 0.6 is 0 Å². The van der Waals surface area contributed by atoms with E-state index >= 15 is 0 Å². The maximum atomic E-state index is 6.47. The largest absolute Gasteiger partial charge is 0.456 e. The Labute approximate surface area is 276 Å². The molecule has 0 aliphatic heterocycles. The fourth-order valence-corrected chi connectivity index (χ4v) is 7.11. The quantitative estimate of drug-likeness (QED) is 0.198. The Morgan fingerprint density at radius 1 is 0.375 bits per heavy atom. The third kappa shape index (κ3) is 4.24. The Morgan fingerprint density at radius 3 is 1.60 bits per heavy atom. The molecule has 0 atom stereocenters. The Hall–Kier alpha value is -6.52. The van der Waals surface area contributed by atoms with E-state index in [1.165, 1.54) is 21.9 Å². The third-order valence-electron chi connectivity index (χ3n) is 9.45. The molecule has 0 spiro atoms. The highest BCUT2D eigenvalue weighted by Gasteiger charge is 2.18. The molecule has 3 aromatic heterocycles. The summed E-state index contributed by atoms with van der Waals surface area (Å²) >= 11 is 0. The highest BCUT2D eigenvalue weighted by Crippen LogP contribution is 2.39. The molecule has 10 aromatic rings. The van der Waals surface area contributed by atoms with E-state index in [1.807, 2.05) is 24.5 Å². The molecule has 7 aromatic carbocycles. The van der Waals surface area contributed by atoms with Crippen molar-refractivity contribution in [2.45, 2.75) is 0 Å². The molecule has 4 heteroatoms. The van der Waals surface area contributed by atoms with Crippen molar-refractivity contribution in [3.05, 3.63) is 164 Å². The number of benzene rings is 7. The maximum absolute atomic E-state index is 6.47. The van der Waals surface area contributed by atoms with Gasteiger partial charge in [-0.25, -0.2) is 9.97 Å². The maximum Gasteiger partial charge on any atom is 0.234 e. The van der Waals surface area contributed by atoms with Gasteiger partial charge in [0.15, 0.2) is 0 Å². The minimum absolute atomic E-state index is 0.619. The van der Waals surface area contributed by atoms with Crippen molar-refractivity contribution in [3.63, 3.8) is 0 Å². The average molecular weight is 614 g/mol. The van der Waals surface area contributed by atoms with Crippen LogP contribution in [0, 0.1) is 0 Å². The number of hydrogen-bond donors (Lipinski definition) is 0. The zero-order valence-electron chi connectivity index (χ0n) is 25.8. The van der Waals surface area contributed by atoms with Crippen LogP contribution in [0.5, 0.6) is 0 Å². The molecule has 0 radical (unpaired) electrons. The predicted octanol–water partition coefficient (Wildman–Crippen LogP) is 11.6. The van der Waals surface area contributed by atoms with Crippen LogP contribution in [0.3, 0.4) is 0 Å². The van der Waals surface area contributed by atoms with Gasteiger partial charge in [0.05, 0.1) is 11.0 Å². The van der Waals surface area contributed by atoms with Gasteiger partial charge >= 0.3 is 0 Å². The summed E-state index contributed by atoms with van der Waals surface area (Å²) < 4.78 is 8.62. The molecule has 224 valence electrons. The van der Waals surface area contributed by atoms with Crippen molar-refractivity contribution < 1.29 is 4.42 Å². The van der Waals surface area contributed by atoms with Gasteiger partial charge in [0.1, 0.15) is 11.2 Å². The van der Waals surface area contributed by atoms with Gasteiger partial charge in [-0.3, -0.25) is 4.57 Å². The first-order chi connectivity index (χ1) is 23.8. The molecule has 3 heterocycles. The highest BCUT2D eigenvalue weighted by atomic mass is 16.3. The molecular weight excluding hydrogens is 587 g/mol. The van der Waals surface area contributed by atoms with Crippen molar-refractivity contribution in [3.8, 4) is 39.3 Å². The summed E-state index contributed by atoms with van der Waals surface area (Å²) in [5.74, 6) is 0.619. The molecule has 0 saturated heterocycles. The third-order valence-corrected chi connectivity index (χ3v) is 9.45. The molecule has 4 nitrogen and oxygen atoms in total. The average Bonchev–Trinajstić information content (AvgIpc) is 3.67. The van der Waals surface area contributed by atoms with E-state index in [-0.39, 0.29) is 0 Å². The van der Waals surface area contributed by atoms with E-state index in [1.54, 1.807) is 0 Å². The van der Waals surface area contributed by atoms with Gasteiger partial charge in [-0.15, -0.1) is 0 Å². The van der Waals surface area contributed by atoms with Gasteiger partial charge in [0.2, 0.25) is 5.95 Å². The van der Waals surface area contributed by atoms with E-state index in [2.05, 4.69) is 144 Å². The first kappa shape index (κ1) is 26.7. The van der Waals surface area contributed by atoms with E-state index < -0.39 is 0 Å². The van der Waals surface area contributed by atoms with Crippen molar-refractivity contribution >= 4 is 54.5 Å². The summed E-state index contributed by atoms with van der Waals surface area (Å²) in [5, 5.41) is 6.90. The second-order valence-electron chi connectivity index (χ2n) is 12.3. The predicted molar refractivity (Wildman–Crippen MR) is 197 cm³/mol. The number of aromatic nitrogens is 3. The monoisotopic (exact) mass is 613 g/mol. The highest BCUT2D eigenvalue weighted by molar-refractivity contribution is 6.18. The SMILES string of the molecule is c1ccc(-c2cc(-c3ccccc3)cc(-c3cnc(-n4c5ccccc5c5cc6c(cc54)oc4cc5ccccc5cc46)nc3)c2)cc1. The summed E-state index contributed by atoms with van der Waals surface area (Å²) in [6, 6.07) is 53.4. The summed E-state index contributed by atoms with van der Waals surface area (Å²) in [6.45, 7) is 0. The van der Waals surface area contributed by atoms with Crippen LogP contribution in [0.25, 0.3) is 93.8 Å². The number of furan rings is 1. The molecule has 0 fully saturated rings. The van der Waals surface area contributed by atoms with Crippen LogP contribution in [-0.4, -0.2) is 14.5 Å². The van der Waals surface area contributed by atoms with Crippen molar-refractivity contribution in [1.29, 1.82) is 0 Å².